The van der Waals surface area contributed by atoms with E-state index in [0.29, 0.717) is 32.6 Å². The first-order valence-corrected chi connectivity index (χ1v) is 8.42. The van der Waals surface area contributed by atoms with Gasteiger partial charge in [0.2, 0.25) is 0 Å². The van der Waals surface area contributed by atoms with Crippen molar-refractivity contribution in [2.45, 2.75) is 32.2 Å². The smallest absolute Gasteiger partial charge is 0.307 e. The number of piperidine rings is 1. The van der Waals surface area contributed by atoms with Crippen LogP contribution >= 0.6 is 0 Å². The average molecular weight is 306 g/mol. The maximum atomic E-state index is 12.3. The van der Waals surface area contributed by atoms with Gasteiger partial charge in [-0.3, -0.25) is 4.79 Å². The van der Waals surface area contributed by atoms with Gasteiger partial charge in [-0.1, -0.05) is 0 Å². The fourth-order valence-electron chi connectivity index (χ4n) is 2.72. The summed E-state index contributed by atoms with van der Waals surface area (Å²) in [5, 5.41) is 9.02. The lowest BCUT2D eigenvalue weighted by Gasteiger charge is -2.31. The standard InChI is InChI=1S/C12H22N2O5S/c1-9(11-4-6-19-8-11)13-20(17,18)14-5-2-3-10(7-14)12(15)16/h9-11,13H,2-8H2,1H3,(H,15,16). The van der Waals surface area contributed by atoms with E-state index in [9.17, 15) is 13.2 Å². The van der Waals surface area contributed by atoms with E-state index < -0.39 is 22.1 Å². The molecule has 0 aromatic heterocycles. The van der Waals surface area contributed by atoms with E-state index in [1.807, 2.05) is 6.92 Å². The van der Waals surface area contributed by atoms with Gasteiger partial charge in [-0.2, -0.15) is 17.4 Å². The van der Waals surface area contributed by atoms with Crippen LogP contribution in [0.15, 0.2) is 0 Å². The van der Waals surface area contributed by atoms with Crippen molar-refractivity contribution in [3.05, 3.63) is 0 Å². The Morgan fingerprint density at radius 3 is 2.80 bits per heavy atom. The molecule has 0 bridgehead atoms. The Morgan fingerprint density at radius 1 is 1.45 bits per heavy atom. The Morgan fingerprint density at radius 2 is 2.20 bits per heavy atom. The van der Waals surface area contributed by atoms with E-state index in [0.717, 1.165) is 6.42 Å². The lowest BCUT2D eigenvalue weighted by Crippen LogP contribution is -2.51. The lowest BCUT2D eigenvalue weighted by atomic mass is 10.0. The molecule has 8 heteroatoms. The third kappa shape index (κ3) is 3.69. The number of hydrogen-bond acceptors (Lipinski definition) is 4. The normalized spacial score (nSPS) is 30.2. The highest BCUT2D eigenvalue weighted by Crippen LogP contribution is 2.21. The summed E-state index contributed by atoms with van der Waals surface area (Å²) in [4.78, 5) is 11.0. The Kier molecular flexibility index (Phi) is 5.00. The van der Waals surface area contributed by atoms with Crippen molar-refractivity contribution in [3.8, 4) is 0 Å². The van der Waals surface area contributed by atoms with Gasteiger partial charge in [0.25, 0.3) is 10.2 Å². The van der Waals surface area contributed by atoms with E-state index in [-0.39, 0.29) is 18.5 Å². The van der Waals surface area contributed by atoms with Crippen LogP contribution < -0.4 is 4.72 Å². The summed E-state index contributed by atoms with van der Waals surface area (Å²) in [5.41, 5.74) is 0. The van der Waals surface area contributed by atoms with Crippen LogP contribution in [0.3, 0.4) is 0 Å². The minimum Gasteiger partial charge on any atom is -0.481 e. The Bertz CT molecular complexity index is 447. The first-order valence-electron chi connectivity index (χ1n) is 6.98. The van der Waals surface area contributed by atoms with Gasteiger partial charge in [0.05, 0.1) is 12.5 Å². The van der Waals surface area contributed by atoms with Gasteiger partial charge in [0.15, 0.2) is 0 Å². The maximum absolute atomic E-state index is 12.3. The van der Waals surface area contributed by atoms with Crippen molar-refractivity contribution < 1.29 is 23.1 Å². The number of ether oxygens (including phenoxy) is 1. The van der Waals surface area contributed by atoms with E-state index in [2.05, 4.69) is 4.72 Å². The SMILES string of the molecule is CC(NS(=O)(=O)N1CCCC(C(=O)O)C1)C1CCOC1. The first-order chi connectivity index (χ1) is 9.40. The zero-order valence-corrected chi connectivity index (χ0v) is 12.4. The molecule has 3 atom stereocenters. The van der Waals surface area contributed by atoms with Gasteiger partial charge < -0.3 is 9.84 Å². The molecular formula is C12H22N2O5S. The largest absolute Gasteiger partial charge is 0.481 e. The van der Waals surface area contributed by atoms with Crippen LogP contribution in [0.1, 0.15) is 26.2 Å². The molecule has 2 rings (SSSR count). The fraction of sp³-hybridized carbons (Fsp3) is 0.917. The molecule has 2 saturated heterocycles. The summed E-state index contributed by atoms with van der Waals surface area (Å²) in [6.45, 7) is 3.50. The number of carboxylic acids is 1. The highest BCUT2D eigenvalue weighted by atomic mass is 32.2. The van der Waals surface area contributed by atoms with Crippen molar-refractivity contribution in [1.82, 2.24) is 9.03 Å². The van der Waals surface area contributed by atoms with Crippen LogP contribution in [0.25, 0.3) is 0 Å². The maximum Gasteiger partial charge on any atom is 0.307 e. The van der Waals surface area contributed by atoms with Crippen LogP contribution in [0.4, 0.5) is 0 Å². The molecule has 116 valence electrons. The molecule has 2 fully saturated rings. The van der Waals surface area contributed by atoms with Crippen molar-refractivity contribution in [2.75, 3.05) is 26.3 Å². The molecule has 0 amide bonds. The van der Waals surface area contributed by atoms with Gasteiger partial charge in [-0.15, -0.1) is 0 Å². The van der Waals surface area contributed by atoms with Gasteiger partial charge in [-0.25, -0.2) is 0 Å². The predicted octanol–water partition coefficient (Wildman–Crippen LogP) is 0.0424. The minimum atomic E-state index is -3.62. The molecule has 20 heavy (non-hydrogen) atoms. The molecule has 0 aliphatic carbocycles. The summed E-state index contributed by atoms with van der Waals surface area (Å²) >= 11 is 0. The quantitative estimate of drug-likeness (QED) is 0.748. The number of nitrogens with one attached hydrogen (secondary N) is 1. The van der Waals surface area contributed by atoms with Crippen LogP contribution in [0.5, 0.6) is 0 Å². The second-order valence-electron chi connectivity index (χ2n) is 5.57. The van der Waals surface area contributed by atoms with Crippen molar-refractivity contribution in [1.29, 1.82) is 0 Å². The second-order valence-corrected chi connectivity index (χ2v) is 7.27. The number of aliphatic carboxylic acids is 1. The molecule has 0 spiro atoms. The summed E-state index contributed by atoms with van der Waals surface area (Å²) in [5.74, 6) is -1.35. The summed E-state index contributed by atoms with van der Waals surface area (Å²) in [6.07, 6.45) is 1.97. The molecular weight excluding hydrogens is 284 g/mol. The highest BCUT2D eigenvalue weighted by Gasteiger charge is 2.34. The molecule has 7 nitrogen and oxygen atoms in total. The summed E-state index contributed by atoms with van der Waals surface area (Å²) in [7, 11) is -3.62. The highest BCUT2D eigenvalue weighted by molar-refractivity contribution is 7.87. The van der Waals surface area contributed by atoms with Crippen molar-refractivity contribution in [2.24, 2.45) is 11.8 Å². The molecule has 3 unspecified atom stereocenters. The van der Waals surface area contributed by atoms with E-state index in [1.165, 1.54) is 4.31 Å². The van der Waals surface area contributed by atoms with Gasteiger partial charge in [-0.05, 0) is 26.2 Å². The molecule has 2 heterocycles. The average Bonchev–Trinajstić information content (AvgIpc) is 2.92. The van der Waals surface area contributed by atoms with Crippen molar-refractivity contribution >= 4 is 16.2 Å². The predicted molar refractivity (Wildman–Crippen MR) is 72.4 cm³/mol. The van der Waals surface area contributed by atoms with Crippen LogP contribution in [-0.2, 0) is 19.7 Å². The number of rotatable bonds is 5. The fourth-order valence-corrected chi connectivity index (χ4v) is 4.27. The third-order valence-electron chi connectivity index (χ3n) is 4.08. The van der Waals surface area contributed by atoms with E-state index in [1.54, 1.807) is 0 Å². The van der Waals surface area contributed by atoms with Gasteiger partial charge in [0, 0.05) is 31.7 Å². The topological polar surface area (TPSA) is 95.9 Å². The van der Waals surface area contributed by atoms with E-state index in [4.69, 9.17) is 9.84 Å². The third-order valence-corrected chi connectivity index (χ3v) is 5.76. The number of hydrogen-bond donors (Lipinski definition) is 2. The van der Waals surface area contributed by atoms with E-state index >= 15 is 0 Å². The molecule has 0 saturated carbocycles. The number of carboxylic acid groups (broad SMARTS) is 1. The molecule has 0 aromatic carbocycles. The minimum absolute atomic E-state index is 0.0541. The van der Waals surface area contributed by atoms with Crippen LogP contribution in [0, 0.1) is 11.8 Å². The number of nitrogens with zero attached hydrogens (tertiary/aromatic N) is 1. The zero-order valence-electron chi connectivity index (χ0n) is 11.6. The molecule has 2 aliphatic rings. The number of carbonyl (C=O) groups is 1. The Labute approximate surface area is 119 Å². The van der Waals surface area contributed by atoms with Crippen LogP contribution in [-0.4, -0.2) is 56.1 Å². The Balaban J connectivity index is 1.96. The monoisotopic (exact) mass is 306 g/mol. The molecule has 2 aliphatic heterocycles. The van der Waals surface area contributed by atoms with Gasteiger partial charge >= 0.3 is 5.97 Å². The second kappa shape index (κ2) is 6.38. The van der Waals surface area contributed by atoms with Crippen molar-refractivity contribution in [3.63, 3.8) is 0 Å². The zero-order chi connectivity index (χ0) is 14.8. The molecule has 2 N–H and O–H groups in total. The summed E-state index contributed by atoms with van der Waals surface area (Å²) < 4.78 is 33.8. The Hall–Kier alpha value is -0.700. The summed E-state index contributed by atoms with van der Waals surface area (Å²) in [6, 6.07) is -0.201. The molecule has 0 aromatic rings. The molecule has 0 radical (unpaired) electrons. The van der Waals surface area contributed by atoms with Gasteiger partial charge in [0.1, 0.15) is 0 Å². The first kappa shape index (κ1) is 15.7. The van der Waals surface area contributed by atoms with Crippen LogP contribution in [0.2, 0.25) is 0 Å². The lowest BCUT2D eigenvalue weighted by molar-refractivity contribution is -0.142.